The summed E-state index contributed by atoms with van der Waals surface area (Å²) in [6.45, 7) is 19.9. The van der Waals surface area contributed by atoms with Crippen molar-refractivity contribution in [3.8, 4) is 22.5 Å². The Bertz CT molecular complexity index is 2790. The number of nitrogens with one attached hydrogen (secondary N) is 3. The smallest absolute Gasteiger partial charge is 0.295 e. The molecule has 2 aliphatic rings. The fourth-order valence-electron chi connectivity index (χ4n) is 8.22. The van der Waals surface area contributed by atoms with E-state index in [0.29, 0.717) is 44.5 Å². The van der Waals surface area contributed by atoms with Gasteiger partial charge in [-0.1, -0.05) is 70.9 Å². The standard InChI is InChI=1S/C49H56N4O6S/c1-11-15-27(3)48(54)52-46-31(7)23-29(5)44(33(46)9)50-35-19-21-37-40(25-35)59-41-26-36(20-22-38(41)43(37)39-17-13-14-18-42(39)60(56,57)58)51-45-30(6)24-32(8)47(34(45)10)53-49(55)28(4)16-12-2/h13-14,17-28,50H,11-12,15-16H2,1-10H3,(H,52,54)(H,53,55)(H,56,57,58)/b51-36-. The summed E-state index contributed by atoms with van der Waals surface area (Å²) in [4.78, 5) is 31.0. The number of nitrogens with zero attached hydrogens (tertiary/aromatic N) is 1. The Morgan fingerprint density at radius 3 is 1.90 bits per heavy atom. The molecule has 2 amide bonds. The zero-order valence-electron chi connectivity index (χ0n) is 36.3. The van der Waals surface area contributed by atoms with Crippen molar-refractivity contribution >= 4 is 61.3 Å². The van der Waals surface area contributed by atoms with Gasteiger partial charge in [-0.2, -0.15) is 8.42 Å². The molecule has 1 aliphatic carbocycles. The maximum absolute atomic E-state index is 13.1. The fourth-order valence-corrected chi connectivity index (χ4v) is 8.92. The van der Waals surface area contributed by atoms with Gasteiger partial charge in [-0.15, -0.1) is 0 Å². The van der Waals surface area contributed by atoms with Crippen molar-refractivity contribution in [2.24, 2.45) is 16.8 Å². The molecule has 6 rings (SSSR count). The van der Waals surface area contributed by atoms with Crippen LogP contribution in [-0.2, 0) is 19.7 Å². The number of hydrogen-bond donors (Lipinski definition) is 4. The van der Waals surface area contributed by atoms with Crippen LogP contribution in [0.25, 0.3) is 33.4 Å². The summed E-state index contributed by atoms with van der Waals surface area (Å²) in [5.41, 5.74) is 11.4. The predicted molar refractivity (Wildman–Crippen MR) is 243 cm³/mol. The van der Waals surface area contributed by atoms with E-state index in [9.17, 15) is 22.6 Å². The van der Waals surface area contributed by atoms with E-state index < -0.39 is 10.1 Å². The van der Waals surface area contributed by atoms with Gasteiger partial charge in [0.05, 0.1) is 11.0 Å². The quantitative estimate of drug-likeness (QED) is 0.0668. The van der Waals surface area contributed by atoms with E-state index in [-0.39, 0.29) is 28.5 Å². The molecule has 0 bridgehead atoms. The lowest BCUT2D eigenvalue weighted by molar-refractivity contribution is -0.120. The van der Waals surface area contributed by atoms with Crippen LogP contribution < -0.4 is 21.3 Å². The Kier molecular flexibility index (Phi) is 13.0. The molecule has 10 nitrogen and oxygen atoms in total. The molecule has 2 unspecified atom stereocenters. The largest absolute Gasteiger partial charge is 0.456 e. The first-order valence-corrected chi connectivity index (χ1v) is 22.1. The van der Waals surface area contributed by atoms with Crippen molar-refractivity contribution < 1.29 is 27.0 Å². The van der Waals surface area contributed by atoms with E-state index in [2.05, 4.69) is 29.8 Å². The van der Waals surface area contributed by atoms with Crippen molar-refractivity contribution in [3.63, 3.8) is 0 Å². The number of carbonyl (C=O) groups is 2. The molecule has 1 aliphatic heterocycles. The molecule has 60 heavy (non-hydrogen) atoms. The summed E-state index contributed by atoms with van der Waals surface area (Å²) in [6, 6.07) is 21.6. The minimum atomic E-state index is -4.61. The molecule has 0 spiro atoms. The van der Waals surface area contributed by atoms with E-state index >= 15 is 0 Å². The molecule has 0 radical (unpaired) electrons. The lowest BCUT2D eigenvalue weighted by Gasteiger charge is -2.21. The van der Waals surface area contributed by atoms with Gasteiger partial charge in [-0.3, -0.25) is 14.1 Å². The lowest BCUT2D eigenvalue weighted by atomic mass is 9.93. The number of fused-ring (bicyclic) bond motifs is 2. The van der Waals surface area contributed by atoms with E-state index in [1.807, 2.05) is 104 Å². The van der Waals surface area contributed by atoms with Crippen LogP contribution in [0.2, 0.25) is 0 Å². The third-order valence-electron chi connectivity index (χ3n) is 11.4. The van der Waals surface area contributed by atoms with Gasteiger partial charge in [-0.05, 0) is 118 Å². The number of hydrogen-bond acceptors (Lipinski definition) is 7. The number of aryl methyl sites for hydroxylation is 4. The number of amides is 2. The van der Waals surface area contributed by atoms with Crippen LogP contribution in [0.15, 0.2) is 87.1 Å². The van der Waals surface area contributed by atoms with Crippen LogP contribution in [-0.4, -0.2) is 24.8 Å². The number of carbonyl (C=O) groups excluding carboxylic acids is 2. The van der Waals surface area contributed by atoms with Crippen LogP contribution in [0.1, 0.15) is 86.8 Å². The van der Waals surface area contributed by atoms with Crippen molar-refractivity contribution in [2.45, 2.75) is 99.8 Å². The molecule has 4 aromatic carbocycles. The summed E-state index contributed by atoms with van der Waals surface area (Å²) >= 11 is 0. The highest BCUT2D eigenvalue weighted by atomic mass is 32.2. The summed E-state index contributed by atoms with van der Waals surface area (Å²) in [5.74, 6) is 0.149. The highest BCUT2D eigenvalue weighted by Crippen LogP contribution is 2.44. The molecule has 2 atom stereocenters. The van der Waals surface area contributed by atoms with Crippen LogP contribution in [0.5, 0.6) is 0 Å². The fraction of sp³-hybridized carbons (Fsp3) is 0.327. The molecule has 4 N–H and O–H groups in total. The molecule has 0 saturated heterocycles. The molecule has 4 aromatic rings. The zero-order valence-corrected chi connectivity index (χ0v) is 37.1. The maximum atomic E-state index is 13.1. The third kappa shape index (κ3) is 9.02. The normalized spacial score (nSPS) is 13.1. The molecule has 11 heteroatoms. The van der Waals surface area contributed by atoms with Crippen LogP contribution >= 0.6 is 0 Å². The van der Waals surface area contributed by atoms with E-state index in [4.69, 9.17) is 9.41 Å². The predicted octanol–water partition coefficient (Wildman–Crippen LogP) is 12.0. The Labute approximate surface area is 353 Å². The van der Waals surface area contributed by atoms with E-state index in [1.54, 1.807) is 18.2 Å². The highest BCUT2D eigenvalue weighted by molar-refractivity contribution is 7.86. The lowest BCUT2D eigenvalue weighted by Crippen LogP contribution is -2.21. The summed E-state index contributed by atoms with van der Waals surface area (Å²) in [7, 11) is -4.61. The Balaban J connectivity index is 1.52. The minimum Gasteiger partial charge on any atom is -0.456 e. The topological polar surface area (TPSA) is 150 Å². The average molecular weight is 829 g/mol. The minimum absolute atomic E-state index is 0.0185. The third-order valence-corrected chi connectivity index (χ3v) is 12.3. The zero-order chi connectivity index (χ0) is 43.6. The molecule has 0 saturated carbocycles. The number of benzene rings is 5. The summed E-state index contributed by atoms with van der Waals surface area (Å²) in [5, 5.41) is 11.1. The van der Waals surface area contributed by atoms with Crippen molar-refractivity contribution in [3.05, 3.63) is 112 Å². The maximum Gasteiger partial charge on any atom is 0.295 e. The van der Waals surface area contributed by atoms with Gasteiger partial charge >= 0.3 is 0 Å². The first-order valence-electron chi connectivity index (χ1n) is 20.7. The van der Waals surface area contributed by atoms with Gasteiger partial charge in [0, 0.05) is 68.8 Å². The van der Waals surface area contributed by atoms with Gasteiger partial charge in [-0.25, -0.2) is 4.99 Å². The second-order valence-electron chi connectivity index (χ2n) is 16.2. The SMILES string of the molecule is CCCC(C)C(=O)Nc1c(C)cc(C)c(/N=c2/ccc3c(-c4ccccc4S(=O)(=O)O)c4ccc(Nc5c(C)cc(C)c(NC(=O)C(C)CCC)c5C)cc4oc-3c2)c1C. The van der Waals surface area contributed by atoms with Gasteiger partial charge in [0.1, 0.15) is 16.2 Å². The summed E-state index contributed by atoms with van der Waals surface area (Å²) in [6.07, 6.45) is 3.42. The van der Waals surface area contributed by atoms with Crippen LogP contribution in [0, 0.1) is 53.4 Å². The van der Waals surface area contributed by atoms with Crippen LogP contribution in [0.3, 0.4) is 0 Å². The molecule has 0 aromatic heterocycles. The molecular formula is C49H56N4O6S. The first-order chi connectivity index (χ1) is 28.4. The second-order valence-corrected chi connectivity index (χ2v) is 17.6. The van der Waals surface area contributed by atoms with Crippen molar-refractivity contribution in [1.29, 1.82) is 0 Å². The van der Waals surface area contributed by atoms with Gasteiger partial charge < -0.3 is 20.4 Å². The second kappa shape index (κ2) is 17.8. The summed E-state index contributed by atoms with van der Waals surface area (Å²) < 4.78 is 42.6. The number of rotatable bonds is 13. The monoisotopic (exact) mass is 828 g/mol. The molecule has 0 fully saturated rings. The highest BCUT2D eigenvalue weighted by Gasteiger charge is 2.25. The van der Waals surface area contributed by atoms with Gasteiger partial charge in [0.2, 0.25) is 11.8 Å². The Morgan fingerprint density at radius 1 is 0.700 bits per heavy atom. The van der Waals surface area contributed by atoms with Gasteiger partial charge in [0.15, 0.2) is 0 Å². The Hall–Kier alpha value is -5.78. The van der Waals surface area contributed by atoms with Gasteiger partial charge in [0.25, 0.3) is 10.1 Å². The average Bonchev–Trinajstić information content (AvgIpc) is 3.19. The Morgan fingerprint density at radius 2 is 1.28 bits per heavy atom. The number of anilines is 4. The van der Waals surface area contributed by atoms with E-state index in [1.165, 1.54) is 6.07 Å². The molecular weight excluding hydrogens is 773 g/mol. The van der Waals surface area contributed by atoms with E-state index in [0.717, 1.165) is 81.8 Å². The molecule has 1 heterocycles. The van der Waals surface area contributed by atoms with Crippen molar-refractivity contribution in [1.82, 2.24) is 0 Å². The van der Waals surface area contributed by atoms with Crippen molar-refractivity contribution in [2.75, 3.05) is 16.0 Å². The van der Waals surface area contributed by atoms with Crippen LogP contribution in [0.4, 0.5) is 28.4 Å². The molecule has 314 valence electrons. The first kappa shape index (κ1) is 43.8.